The molecule has 1 rings (SSSR count). The van der Waals surface area contributed by atoms with Gasteiger partial charge in [-0.15, -0.1) is 0 Å². The van der Waals surface area contributed by atoms with E-state index in [0.29, 0.717) is 23.6 Å². The summed E-state index contributed by atoms with van der Waals surface area (Å²) in [5, 5.41) is 5.06. The topological polar surface area (TPSA) is 103 Å². The summed E-state index contributed by atoms with van der Waals surface area (Å²) in [5.41, 5.74) is 0.305. The third-order valence-corrected chi connectivity index (χ3v) is 3.27. The standard InChI is InChI=1S/C17H24N2O6/c1-5-8-18-16(21)11(2)25-15(20)10-19-17(22)12-6-7-13(23-3)14(9-12)24-4/h6-7,9,11H,5,8,10H2,1-4H3,(H,18,21)(H,19,22). The predicted molar refractivity (Wildman–Crippen MR) is 90.7 cm³/mol. The molecule has 2 amide bonds. The molecule has 0 heterocycles. The molecule has 1 atom stereocenters. The number of carbonyl (C=O) groups excluding carboxylic acids is 3. The van der Waals surface area contributed by atoms with Crippen LogP contribution >= 0.6 is 0 Å². The summed E-state index contributed by atoms with van der Waals surface area (Å²) in [6.07, 6.45) is -0.134. The Balaban J connectivity index is 2.53. The van der Waals surface area contributed by atoms with Crippen molar-refractivity contribution in [2.75, 3.05) is 27.3 Å². The second-order valence-electron chi connectivity index (χ2n) is 5.18. The van der Waals surface area contributed by atoms with Gasteiger partial charge in [0.15, 0.2) is 17.6 Å². The first-order chi connectivity index (χ1) is 11.9. The molecule has 8 nitrogen and oxygen atoms in total. The monoisotopic (exact) mass is 352 g/mol. The number of rotatable bonds is 9. The fourth-order valence-corrected chi connectivity index (χ4v) is 1.92. The van der Waals surface area contributed by atoms with Crippen LogP contribution in [0.4, 0.5) is 0 Å². The molecule has 1 unspecified atom stereocenters. The summed E-state index contributed by atoms with van der Waals surface area (Å²) in [6, 6.07) is 4.63. The Morgan fingerprint density at radius 2 is 1.76 bits per heavy atom. The Morgan fingerprint density at radius 3 is 2.36 bits per heavy atom. The maximum atomic E-state index is 12.1. The van der Waals surface area contributed by atoms with Gasteiger partial charge in [0.25, 0.3) is 11.8 Å². The first kappa shape index (κ1) is 20.3. The van der Waals surface area contributed by atoms with E-state index in [4.69, 9.17) is 14.2 Å². The number of benzene rings is 1. The largest absolute Gasteiger partial charge is 0.493 e. The zero-order chi connectivity index (χ0) is 18.8. The molecular weight excluding hydrogens is 328 g/mol. The molecule has 0 saturated heterocycles. The highest BCUT2D eigenvalue weighted by atomic mass is 16.5. The molecule has 0 fully saturated rings. The number of esters is 1. The predicted octanol–water partition coefficient (Wildman–Crippen LogP) is 0.892. The maximum absolute atomic E-state index is 12.1. The SMILES string of the molecule is CCCNC(=O)C(C)OC(=O)CNC(=O)c1ccc(OC)c(OC)c1. The fraction of sp³-hybridized carbons (Fsp3) is 0.471. The second-order valence-corrected chi connectivity index (χ2v) is 5.18. The van der Waals surface area contributed by atoms with E-state index in [-0.39, 0.29) is 12.5 Å². The lowest BCUT2D eigenvalue weighted by molar-refractivity contribution is -0.153. The van der Waals surface area contributed by atoms with Gasteiger partial charge in [-0.2, -0.15) is 0 Å². The van der Waals surface area contributed by atoms with E-state index in [1.165, 1.54) is 27.2 Å². The first-order valence-corrected chi connectivity index (χ1v) is 7.90. The molecule has 8 heteroatoms. The highest BCUT2D eigenvalue weighted by Crippen LogP contribution is 2.27. The number of hydrogen-bond acceptors (Lipinski definition) is 6. The lowest BCUT2D eigenvalue weighted by Gasteiger charge is -2.13. The molecule has 1 aromatic rings. The Morgan fingerprint density at radius 1 is 1.08 bits per heavy atom. The summed E-state index contributed by atoms with van der Waals surface area (Å²) in [6.45, 7) is 3.55. The van der Waals surface area contributed by atoms with Crippen molar-refractivity contribution < 1.29 is 28.6 Å². The lowest BCUT2D eigenvalue weighted by Crippen LogP contribution is -2.39. The van der Waals surface area contributed by atoms with E-state index in [0.717, 1.165) is 6.42 Å². The lowest BCUT2D eigenvalue weighted by atomic mass is 10.2. The Hall–Kier alpha value is -2.77. The van der Waals surface area contributed by atoms with Crippen LogP contribution in [0.25, 0.3) is 0 Å². The highest BCUT2D eigenvalue weighted by molar-refractivity contribution is 5.96. The molecule has 0 bridgehead atoms. The van der Waals surface area contributed by atoms with Crippen LogP contribution in [-0.4, -0.2) is 51.2 Å². The van der Waals surface area contributed by atoms with Gasteiger partial charge in [-0.05, 0) is 31.5 Å². The molecule has 0 spiro atoms. The molecule has 1 aromatic carbocycles. The molecule has 2 N–H and O–H groups in total. The van der Waals surface area contributed by atoms with Crippen molar-refractivity contribution in [3.8, 4) is 11.5 Å². The minimum atomic E-state index is -0.919. The van der Waals surface area contributed by atoms with Crippen LogP contribution in [0.5, 0.6) is 11.5 Å². The first-order valence-electron chi connectivity index (χ1n) is 7.90. The average molecular weight is 352 g/mol. The van der Waals surface area contributed by atoms with Gasteiger partial charge < -0.3 is 24.8 Å². The normalized spacial score (nSPS) is 11.2. The molecule has 0 aromatic heterocycles. The summed E-state index contributed by atoms with van der Waals surface area (Å²) in [5.74, 6) is -0.653. The van der Waals surface area contributed by atoms with Crippen LogP contribution in [0, 0.1) is 0 Å². The van der Waals surface area contributed by atoms with Crippen molar-refractivity contribution in [2.24, 2.45) is 0 Å². The third kappa shape index (κ3) is 6.33. The van der Waals surface area contributed by atoms with Crippen LogP contribution < -0.4 is 20.1 Å². The van der Waals surface area contributed by atoms with Crippen molar-refractivity contribution in [1.29, 1.82) is 0 Å². The molecular formula is C17H24N2O6. The van der Waals surface area contributed by atoms with Crippen molar-refractivity contribution in [2.45, 2.75) is 26.4 Å². The van der Waals surface area contributed by atoms with E-state index in [1.807, 2.05) is 6.92 Å². The van der Waals surface area contributed by atoms with Crippen LogP contribution in [0.15, 0.2) is 18.2 Å². The molecule has 0 aliphatic carbocycles. The number of hydrogen-bond donors (Lipinski definition) is 2. The van der Waals surface area contributed by atoms with Crippen LogP contribution in [0.1, 0.15) is 30.6 Å². The molecule has 0 radical (unpaired) electrons. The van der Waals surface area contributed by atoms with Gasteiger partial charge in [-0.3, -0.25) is 14.4 Å². The summed E-state index contributed by atoms with van der Waals surface area (Å²) in [7, 11) is 2.95. The Bertz CT molecular complexity index is 617. The van der Waals surface area contributed by atoms with E-state index in [2.05, 4.69) is 10.6 Å². The average Bonchev–Trinajstić information content (AvgIpc) is 2.63. The van der Waals surface area contributed by atoms with E-state index < -0.39 is 18.0 Å². The van der Waals surface area contributed by atoms with Crippen molar-refractivity contribution >= 4 is 17.8 Å². The molecule has 138 valence electrons. The Kier molecular flexibility index (Phi) is 8.25. The fourth-order valence-electron chi connectivity index (χ4n) is 1.92. The van der Waals surface area contributed by atoms with Crippen LogP contribution in [0.2, 0.25) is 0 Å². The second kappa shape index (κ2) is 10.2. The van der Waals surface area contributed by atoms with Gasteiger partial charge in [0.05, 0.1) is 14.2 Å². The summed E-state index contributed by atoms with van der Waals surface area (Å²) >= 11 is 0. The maximum Gasteiger partial charge on any atom is 0.326 e. The smallest absolute Gasteiger partial charge is 0.326 e. The number of nitrogens with one attached hydrogen (secondary N) is 2. The van der Waals surface area contributed by atoms with E-state index in [1.54, 1.807) is 12.1 Å². The minimum absolute atomic E-state index is 0.305. The molecule has 0 aliphatic rings. The van der Waals surface area contributed by atoms with Crippen molar-refractivity contribution in [3.63, 3.8) is 0 Å². The number of carbonyl (C=O) groups is 3. The summed E-state index contributed by atoms with van der Waals surface area (Å²) in [4.78, 5) is 35.4. The van der Waals surface area contributed by atoms with Gasteiger partial charge in [-0.25, -0.2) is 0 Å². The third-order valence-electron chi connectivity index (χ3n) is 3.27. The van der Waals surface area contributed by atoms with Crippen LogP contribution in [0.3, 0.4) is 0 Å². The van der Waals surface area contributed by atoms with E-state index >= 15 is 0 Å². The minimum Gasteiger partial charge on any atom is -0.493 e. The number of methoxy groups -OCH3 is 2. The zero-order valence-electron chi connectivity index (χ0n) is 14.9. The number of ether oxygens (including phenoxy) is 3. The number of amides is 2. The zero-order valence-corrected chi connectivity index (χ0v) is 14.9. The van der Waals surface area contributed by atoms with Crippen molar-refractivity contribution in [1.82, 2.24) is 10.6 Å². The molecule has 0 aliphatic heterocycles. The summed E-state index contributed by atoms with van der Waals surface area (Å²) < 4.78 is 15.2. The van der Waals surface area contributed by atoms with Gasteiger partial charge in [0.1, 0.15) is 6.54 Å². The quantitative estimate of drug-likeness (QED) is 0.640. The van der Waals surface area contributed by atoms with Crippen molar-refractivity contribution in [3.05, 3.63) is 23.8 Å². The van der Waals surface area contributed by atoms with E-state index in [9.17, 15) is 14.4 Å². The van der Waals surface area contributed by atoms with Gasteiger partial charge in [0, 0.05) is 12.1 Å². The van der Waals surface area contributed by atoms with Gasteiger partial charge in [0.2, 0.25) is 0 Å². The Labute approximate surface area is 146 Å². The highest BCUT2D eigenvalue weighted by Gasteiger charge is 2.18. The van der Waals surface area contributed by atoms with Gasteiger partial charge in [-0.1, -0.05) is 6.92 Å². The van der Waals surface area contributed by atoms with Gasteiger partial charge >= 0.3 is 5.97 Å². The molecule has 25 heavy (non-hydrogen) atoms. The van der Waals surface area contributed by atoms with Crippen LogP contribution in [-0.2, 0) is 14.3 Å². The molecule has 0 saturated carbocycles.